The van der Waals surface area contributed by atoms with Gasteiger partial charge in [0.2, 0.25) is 0 Å². The minimum atomic E-state index is -0.721. The molecule has 0 aliphatic heterocycles. The van der Waals surface area contributed by atoms with E-state index < -0.39 is 23.8 Å². The fourth-order valence-electron chi connectivity index (χ4n) is 2.46. The fourth-order valence-corrected chi connectivity index (χ4v) is 3.30. The van der Waals surface area contributed by atoms with Gasteiger partial charge in [-0.25, -0.2) is 0 Å². The third-order valence-electron chi connectivity index (χ3n) is 3.79. The number of hydrogen-bond acceptors (Lipinski definition) is 5. The van der Waals surface area contributed by atoms with E-state index in [0.717, 1.165) is 11.3 Å². The Morgan fingerprint density at radius 3 is 2.25 bits per heavy atom. The second-order valence-electron chi connectivity index (χ2n) is 8.28. The Morgan fingerprint density at radius 1 is 1.29 bits per heavy atom. The van der Waals surface area contributed by atoms with E-state index in [0.29, 0.717) is 6.42 Å². The van der Waals surface area contributed by atoms with Gasteiger partial charge < -0.3 is 0 Å². The summed E-state index contributed by atoms with van der Waals surface area (Å²) in [6.07, 6.45) is 3.93. The first-order chi connectivity index (χ1) is 12.8. The molecular weight excluding hydrogens is 443 g/mol. The molecule has 2 N–H and O–H groups in total. The number of aliphatic hydroxyl groups excluding tert-OH is 1. The molecular formula is C20H36N2O4SSe. The van der Waals surface area contributed by atoms with Crippen LogP contribution in [0.3, 0.4) is 0 Å². The van der Waals surface area contributed by atoms with Crippen LogP contribution in [0.5, 0.6) is 0 Å². The molecule has 2 atom stereocenters. The molecule has 0 aromatic rings. The van der Waals surface area contributed by atoms with Gasteiger partial charge in [0, 0.05) is 0 Å². The first kappa shape index (κ1) is 27.0. The number of nitrogens with zero attached hydrogens (tertiary/aromatic N) is 1. The standard InChI is InChI=1S/C20H36N2O4SSe/c1-13(2)9-11-22(19(25)26-20(5,6)7)16(14(3)4)17(23)21-15(18(24)28)10-12-27-8/h9,14-16H,10-12H2,1-8H3,(H,21,23)(H,24,28). The van der Waals surface area contributed by atoms with E-state index in [1.165, 1.54) is 4.90 Å². The summed E-state index contributed by atoms with van der Waals surface area (Å²) < 4.78 is 5.58. The number of amides is 2. The van der Waals surface area contributed by atoms with Crippen molar-refractivity contribution < 1.29 is 19.4 Å². The molecule has 0 bridgehead atoms. The number of rotatable bonds is 10. The fraction of sp³-hybridized carbons (Fsp3) is 0.750. The van der Waals surface area contributed by atoms with Crippen LogP contribution in [0.4, 0.5) is 4.79 Å². The number of aliphatic hydroxyl groups is 1. The van der Waals surface area contributed by atoms with Crippen LogP contribution in [0, 0.1) is 5.92 Å². The molecule has 28 heavy (non-hydrogen) atoms. The minimum absolute atomic E-state index is 0.0398. The summed E-state index contributed by atoms with van der Waals surface area (Å²) in [4.78, 5) is 27.4. The Morgan fingerprint density at radius 2 is 1.86 bits per heavy atom. The number of hydrogen-bond donors (Lipinski definition) is 2. The predicted octanol–water partition coefficient (Wildman–Crippen LogP) is 3.12. The van der Waals surface area contributed by atoms with E-state index >= 15 is 0 Å². The van der Waals surface area contributed by atoms with Crippen molar-refractivity contribution >= 4 is 43.9 Å². The molecule has 0 aliphatic carbocycles. The molecule has 2 unspecified atom stereocenters. The average molecular weight is 480 g/mol. The van der Waals surface area contributed by atoms with Gasteiger partial charge in [0.15, 0.2) is 0 Å². The van der Waals surface area contributed by atoms with Gasteiger partial charge in [-0.15, -0.1) is 0 Å². The Balaban J connectivity index is 5.70. The third kappa shape index (κ3) is 10.5. The van der Waals surface area contributed by atoms with Crippen LogP contribution < -0.4 is 5.32 Å². The van der Waals surface area contributed by atoms with Crippen LogP contribution in [0.25, 0.3) is 0 Å². The average Bonchev–Trinajstić information content (AvgIpc) is 2.52. The van der Waals surface area contributed by atoms with Crippen molar-refractivity contribution in [1.82, 2.24) is 10.2 Å². The van der Waals surface area contributed by atoms with Crippen LogP contribution in [0.1, 0.15) is 54.9 Å². The summed E-state index contributed by atoms with van der Waals surface area (Å²) in [5.74, 6) is 0.342. The van der Waals surface area contributed by atoms with Gasteiger partial charge in [-0.05, 0) is 0 Å². The molecule has 8 heteroatoms. The quantitative estimate of drug-likeness (QED) is 0.372. The number of nitrogens with one attached hydrogen (secondary N) is 1. The normalized spacial score (nSPS) is 13.5. The molecule has 0 saturated carbocycles. The maximum atomic E-state index is 13.1. The van der Waals surface area contributed by atoms with Crippen LogP contribution in [-0.2, 0) is 9.53 Å². The van der Waals surface area contributed by atoms with Crippen molar-refractivity contribution in [3.63, 3.8) is 0 Å². The molecule has 0 saturated heterocycles. The summed E-state index contributed by atoms with van der Waals surface area (Å²) in [5, 5.41) is 12.8. The molecule has 0 aliphatic rings. The van der Waals surface area contributed by atoms with E-state index in [9.17, 15) is 14.7 Å². The van der Waals surface area contributed by atoms with Crippen molar-refractivity contribution in [1.29, 1.82) is 0 Å². The number of ether oxygens (including phenoxy) is 1. The third-order valence-corrected chi connectivity index (χ3v) is 5.03. The molecule has 162 valence electrons. The molecule has 6 nitrogen and oxygen atoms in total. The zero-order valence-electron chi connectivity index (χ0n) is 18.4. The Kier molecular flexibility index (Phi) is 12.1. The van der Waals surface area contributed by atoms with Crippen molar-refractivity contribution in [2.45, 2.75) is 72.6 Å². The topological polar surface area (TPSA) is 78.9 Å². The molecule has 0 heterocycles. The number of thioether (sulfide) groups is 1. The molecule has 0 aromatic heterocycles. The first-order valence-corrected chi connectivity index (χ1v) is 11.7. The van der Waals surface area contributed by atoms with Crippen molar-refractivity contribution in [2.24, 2.45) is 5.92 Å². The molecule has 0 spiro atoms. The number of allylic oxidation sites excluding steroid dienone is 1. The van der Waals surface area contributed by atoms with Gasteiger partial charge in [-0.1, -0.05) is 0 Å². The van der Waals surface area contributed by atoms with Gasteiger partial charge in [0.25, 0.3) is 0 Å². The number of carbonyl (C=O) groups is 2. The predicted molar refractivity (Wildman–Crippen MR) is 119 cm³/mol. The SMILES string of the molecule is CSCCC(NC(=O)C(C(C)C)N(CC=C(C)C)C(=O)OC(C)(C)C)C(O)=[Se]. The van der Waals surface area contributed by atoms with E-state index in [2.05, 4.69) is 20.9 Å². The zero-order valence-corrected chi connectivity index (χ0v) is 20.9. The molecule has 0 fully saturated rings. The van der Waals surface area contributed by atoms with E-state index in [4.69, 9.17) is 4.74 Å². The van der Waals surface area contributed by atoms with Gasteiger partial charge in [0.05, 0.1) is 0 Å². The second-order valence-corrected chi connectivity index (χ2v) is 10.1. The summed E-state index contributed by atoms with van der Waals surface area (Å²) in [5.41, 5.74) is 0.382. The second kappa shape index (κ2) is 12.6. The Hall–Kier alpha value is -0.981. The molecule has 0 rings (SSSR count). The molecule has 0 radical (unpaired) electrons. The van der Waals surface area contributed by atoms with Gasteiger partial charge in [-0.2, -0.15) is 0 Å². The van der Waals surface area contributed by atoms with Crippen LogP contribution in [-0.4, -0.2) is 78.4 Å². The van der Waals surface area contributed by atoms with Crippen molar-refractivity contribution in [3.8, 4) is 0 Å². The zero-order chi connectivity index (χ0) is 22.1. The Labute approximate surface area is 182 Å². The summed E-state index contributed by atoms with van der Waals surface area (Å²) in [6, 6.07) is -1.22. The van der Waals surface area contributed by atoms with Crippen molar-refractivity contribution in [3.05, 3.63) is 11.6 Å². The van der Waals surface area contributed by atoms with Gasteiger partial charge in [-0.3, -0.25) is 0 Å². The monoisotopic (exact) mass is 480 g/mol. The number of carbonyl (C=O) groups excluding carboxylic acids is 2. The van der Waals surface area contributed by atoms with Crippen LogP contribution in [0.2, 0.25) is 0 Å². The summed E-state index contributed by atoms with van der Waals surface area (Å²) >= 11 is 4.22. The van der Waals surface area contributed by atoms with E-state index in [1.807, 2.05) is 40.0 Å². The van der Waals surface area contributed by atoms with E-state index in [-0.39, 0.29) is 23.0 Å². The van der Waals surface area contributed by atoms with Crippen LogP contribution in [0.15, 0.2) is 11.6 Å². The summed E-state index contributed by atoms with van der Waals surface area (Å²) in [7, 11) is 0. The van der Waals surface area contributed by atoms with Crippen molar-refractivity contribution in [2.75, 3.05) is 18.6 Å². The summed E-state index contributed by atoms with van der Waals surface area (Å²) in [6.45, 7) is 13.3. The Bertz CT molecular complexity index is 569. The van der Waals surface area contributed by atoms with E-state index in [1.54, 1.807) is 32.5 Å². The van der Waals surface area contributed by atoms with Gasteiger partial charge in [0.1, 0.15) is 0 Å². The van der Waals surface area contributed by atoms with Gasteiger partial charge >= 0.3 is 182 Å². The molecule has 0 aromatic carbocycles. The first-order valence-electron chi connectivity index (χ1n) is 9.45. The maximum absolute atomic E-state index is 13.1. The van der Waals surface area contributed by atoms with Crippen LogP contribution >= 0.6 is 11.8 Å². The molecule has 2 amide bonds.